The summed E-state index contributed by atoms with van der Waals surface area (Å²) < 4.78 is 28.5. The molecule has 1 aromatic heterocycles. The van der Waals surface area contributed by atoms with E-state index in [0.717, 1.165) is 23.8 Å². The first-order valence-electron chi connectivity index (χ1n) is 11.5. The van der Waals surface area contributed by atoms with Crippen LogP contribution in [-0.2, 0) is 15.4 Å². The minimum absolute atomic E-state index is 0.0134. The minimum atomic E-state index is -3.81. The first kappa shape index (κ1) is 23.7. The number of hydrogen-bond acceptors (Lipinski definition) is 3. The summed E-state index contributed by atoms with van der Waals surface area (Å²) in [5.41, 5.74) is 2.93. The van der Waals surface area contributed by atoms with Gasteiger partial charge in [0.05, 0.1) is 10.4 Å². The zero-order chi connectivity index (χ0) is 24.3. The van der Waals surface area contributed by atoms with Gasteiger partial charge in [0.1, 0.15) is 0 Å². The number of rotatable bonds is 8. The SMILES string of the molecule is CCCC(C)(C)c1ccc(S(=O)(=O)n2cc(/C=C/C(=O)c3ccccc3)c3ccccc32)cc1. The largest absolute Gasteiger partial charge is 0.289 e. The molecular formula is C29H29NO3S. The van der Waals surface area contributed by atoms with Gasteiger partial charge in [-0.1, -0.05) is 87.9 Å². The van der Waals surface area contributed by atoms with Gasteiger partial charge >= 0.3 is 0 Å². The van der Waals surface area contributed by atoms with Crippen LogP contribution in [0.5, 0.6) is 0 Å². The number of aromatic nitrogens is 1. The first-order chi connectivity index (χ1) is 16.2. The average Bonchev–Trinajstić information content (AvgIpc) is 3.23. The molecule has 0 spiro atoms. The summed E-state index contributed by atoms with van der Waals surface area (Å²) in [6.07, 6.45) is 6.84. The Morgan fingerprint density at radius 2 is 1.56 bits per heavy atom. The number of allylic oxidation sites excluding steroid dienone is 1. The van der Waals surface area contributed by atoms with Crippen LogP contribution in [-0.4, -0.2) is 18.2 Å². The van der Waals surface area contributed by atoms with Gasteiger partial charge in [0.25, 0.3) is 10.0 Å². The van der Waals surface area contributed by atoms with Gasteiger partial charge in [0, 0.05) is 22.7 Å². The Hall–Kier alpha value is -3.44. The molecule has 1 heterocycles. The maximum absolute atomic E-state index is 13.6. The number of para-hydroxylation sites is 1. The minimum Gasteiger partial charge on any atom is -0.289 e. The third-order valence-corrected chi connectivity index (χ3v) is 7.94. The Labute approximate surface area is 201 Å². The maximum Gasteiger partial charge on any atom is 0.268 e. The van der Waals surface area contributed by atoms with E-state index < -0.39 is 10.0 Å². The summed E-state index contributed by atoms with van der Waals surface area (Å²) >= 11 is 0. The molecule has 0 fully saturated rings. The summed E-state index contributed by atoms with van der Waals surface area (Å²) in [5.74, 6) is -0.134. The van der Waals surface area contributed by atoms with E-state index in [1.165, 1.54) is 10.0 Å². The van der Waals surface area contributed by atoms with Gasteiger partial charge in [0.15, 0.2) is 5.78 Å². The van der Waals surface area contributed by atoms with Crippen LogP contribution >= 0.6 is 0 Å². The van der Waals surface area contributed by atoms with Crippen LogP contribution in [0.15, 0.2) is 96.0 Å². The van der Waals surface area contributed by atoms with Crippen molar-refractivity contribution in [3.8, 4) is 0 Å². The Bertz CT molecular complexity index is 1440. The fourth-order valence-electron chi connectivity index (χ4n) is 4.33. The topological polar surface area (TPSA) is 56.1 Å². The fraction of sp³-hybridized carbons (Fsp3) is 0.207. The van der Waals surface area contributed by atoms with Crippen molar-refractivity contribution in [1.29, 1.82) is 0 Å². The molecule has 0 aliphatic rings. The third-order valence-electron chi connectivity index (χ3n) is 6.25. The highest BCUT2D eigenvalue weighted by Crippen LogP contribution is 2.31. The number of ketones is 1. The summed E-state index contributed by atoms with van der Waals surface area (Å²) in [6, 6.07) is 23.5. The van der Waals surface area contributed by atoms with Gasteiger partial charge < -0.3 is 0 Å². The predicted molar refractivity (Wildman–Crippen MR) is 139 cm³/mol. The molecule has 4 nitrogen and oxygen atoms in total. The van der Waals surface area contributed by atoms with Crippen molar-refractivity contribution in [2.45, 2.75) is 43.9 Å². The monoisotopic (exact) mass is 471 g/mol. The van der Waals surface area contributed by atoms with E-state index in [1.807, 2.05) is 48.5 Å². The van der Waals surface area contributed by atoms with Crippen molar-refractivity contribution in [2.24, 2.45) is 0 Å². The van der Waals surface area contributed by atoms with Gasteiger partial charge in [-0.2, -0.15) is 0 Å². The molecule has 0 unspecified atom stereocenters. The average molecular weight is 472 g/mol. The molecule has 4 rings (SSSR count). The Morgan fingerprint density at radius 3 is 2.24 bits per heavy atom. The number of benzene rings is 3. The van der Waals surface area contributed by atoms with E-state index in [1.54, 1.807) is 42.6 Å². The number of hydrogen-bond donors (Lipinski definition) is 0. The third kappa shape index (κ3) is 4.62. The first-order valence-corrected chi connectivity index (χ1v) is 12.9. The molecule has 4 aromatic rings. The van der Waals surface area contributed by atoms with E-state index in [9.17, 15) is 13.2 Å². The summed E-state index contributed by atoms with van der Waals surface area (Å²) in [6.45, 7) is 6.50. The van der Waals surface area contributed by atoms with Crippen LogP contribution in [0.1, 0.15) is 55.1 Å². The van der Waals surface area contributed by atoms with Crippen LogP contribution in [0.2, 0.25) is 0 Å². The van der Waals surface area contributed by atoms with Crippen LogP contribution in [0, 0.1) is 0 Å². The van der Waals surface area contributed by atoms with Crippen LogP contribution in [0.25, 0.3) is 17.0 Å². The Balaban J connectivity index is 1.72. The summed E-state index contributed by atoms with van der Waals surface area (Å²) in [7, 11) is -3.81. The molecule has 0 aliphatic carbocycles. The second kappa shape index (κ2) is 9.43. The molecule has 0 atom stereocenters. The molecular weight excluding hydrogens is 442 g/mol. The quantitative estimate of drug-likeness (QED) is 0.208. The van der Waals surface area contributed by atoms with Crippen molar-refractivity contribution in [3.05, 3.63) is 108 Å². The number of carbonyl (C=O) groups excluding carboxylic acids is 1. The Kier molecular flexibility index (Phi) is 6.58. The van der Waals surface area contributed by atoms with Gasteiger partial charge in [-0.25, -0.2) is 12.4 Å². The molecule has 0 N–H and O–H groups in total. The lowest BCUT2D eigenvalue weighted by atomic mass is 9.81. The number of carbonyl (C=O) groups is 1. The van der Waals surface area contributed by atoms with Gasteiger partial charge in [-0.15, -0.1) is 0 Å². The molecule has 3 aromatic carbocycles. The molecule has 0 radical (unpaired) electrons. The van der Waals surface area contributed by atoms with E-state index >= 15 is 0 Å². The van der Waals surface area contributed by atoms with Crippen molar-refractivity contribution in [3.63, 3.8) is 0 Å². The van der Waals surface area contributed by atoms with Crippen LogP contribution < -0.4 is 0 Å². The molecule has 0 aliphatic heterocycles. The van der Waals surface area contributed by atoms with E-state index in [-0.39, 0.29) is 16.1 Å². The lowest BCUT2D eigenvalue weighted by Gasteiger charge is -2.24. The van der Waals surface area contributed by atoms with Crippen LogP contribution in [0.4, 0.5) is 0 Å². The van der Waals surface area contributed by atoms with Crippen molar-refractivity contribution < 1.29 is 13.2 Å². The summed E-state index contributed by atoms with van der Waals surface area (Å²) in [5, 5.41) is 0.767. The molecule has 174 valence electrons. The number of nitrogens with zero attached hydrogens (tertiary/aromatic N) is 1. The van der Waals surface area contributed by atoms with E-state index in [0.29, 0.717) is 16.6 Å². The second-order valence-corrected chi connectivity index (χ2v) is 10.9. The number of fused-ring (bicyclic) bond motifs is 1. The van der Waals surface area contributed by atoms with Crippen molar-refractivity contribution in [1.82, 2.24) is 3.97 Å². The molecule has 34 heavy (non-hydrogen) atoms. The van der Waals surface area contributed by atoms with Crippen molar-refractivity contribution >= 4 is 32.8 Å². The predicted octanol–water partition coefficient (Wildman–Crippen LogP) is 6.85. The lowest BCUT2D eigenvalue weighted by Crippen LogP contribution is -2.17. The molecule has 5 heteroatoms. The maximum atomic E-state index is 13.6. The van der Waals surface area contributed by atoms with E-state index in [4.69, 9.17) is 0 Å². The molecule has 0 bridgehead atoms. The van der Waals surface area contributed by atoms with Gasteiger partial charge in [0.2, 0.25) is 0 Å². The second-order valence-electron chi connectivity index (χ2n) is 9.12. The van der Waals surface area contributed by atoms with Crippen molar-refractivity contribution in [2.75, 3.05) is 0 Å². The lowest BCUT2D eigenvalue weighted by molar-refractivity contribution is 0.104. The zero-order valence-corrected chi connectivity index (χ0v) is 20.5. The molecule has 0 saturated heterocycles. The summed E-state index contributed by atoms with van der Waals surface area (Å²) in [4.78, 5) is 12.8. The smallest absolute Gasteiger partial charge is 0.268 e. The van der Waals surface area contributed by atoms with Gasteiger partial charge in [-0.05, 0) is 47.8 Å². The fourth-order valence-corrected chi connectivity index (χ4v) is 5.71. The zero-order valence-electron chi connectivity index (χ0n) is 19.7. The standard InChI is InChI=1S/C29H29NO3S/c1-4-20-29(2,3)24-15-17-25(18-16-24)34(32,33)30-21-23(26-12-8-9-13-27(26)30)14-19-28(31)22-10-6-5-7-11-22/h5-19,21H,4,20H2,1-3H3/b19-14+. The Morgan fingerprint density at radius 1 is 0.912 bits per heavy atom. The van der Waals surface area contributed by atoms with Crippen LogP contribution in [0.3, 0.4) is 0 Å². The highest BCUT2D eigenvalue weighted by atomic mass is 32.2. The van der Waals surface area contributed by atoms with Gasteiger partial charge in [-0.3, -0.25) is 4.79 Å². The van der Waals surface area contributed by atoms with E-state index in [2.05, 4.69) is 20.8 Å². The molecule has 0 amide bonds. The molecule has 0 saturated carbocycles. The normalized spacial score (nSPS) is 12.4. The highest BCUT2D eigenvalue weighted by Gasteiger charge is 2.23. The highest BCUT2D eigenvalue weighted by molar-refractivity contribution is 7.90.